The molecule has 2 aromatic rings. The third kappa shape index (κ3) is 7.66. The fourth-order valence-corrected chi connectivity index (χ4v) is 4.55. The van der Waals surface area contributed by atoms with Crippen molar-refractivity contribution >= 4 is 46.5 Å². The first-order valence-corrected chi connectivity index (χ1v) is 12.5. The summed E-state index contributed by atoms with van der Waals surface area (Å²) in [7, 11) is 3.63. The quantitative estimate of drug-likeness (QED) is 0.370. The lowest BCUT2D eigenvalue weighted by atomic mass is 9.98. The molecule has 2 aliphatic rings. The number of ketones is 1. The summed E-state index contributed by atoms with van der Waals surface area (Å²) in [6, 6.07) is 9.73. The molecule has 3 heterocycles. The smallest absolute Gasteiger partial charge is 0.319 e. The number of amidine groups is 1. The highest BCUT2D eigenvalue weighted by molar-refractivity contribution is 6.00. The number of Topliss-reactive ketones (excluding diaryl/α,β-unsaturated/α-hetero) is 1. The van der Waals surface area contributed by atoms with Crippen LogP contribution in [0.1, 0.15) is 51.0 Å². The van der Waals surface area contributed by atoms with Crippen LogP contribution in [0.15, 0.2) is 36.5 Å². The lowest BCUT2D eigenvalue weighted by Gasteiger charge is -2.35. The van der Waals surface area contributed by atoms with E-state index in [1.54, 1.807) is 13.3 Å². The minimum Gasteiger partial charge on any atom is -1.00 e. The first-order chi connectivity index (χ1) is 17.0. The van der Waals surface area contributed by atoms with Crippen LogP contribution in [0.25, 0.3) is 16.6 Å². The number of pyridine rings is 1. The number of unbranched alkanes of at least 4 members (excludes halogenated alkanes) is 2. The second-order valence-corrected chi connectivity index (χ2v) is 9.39. The Bertz CT molecular complexity index is 1150. The van der Waals surface area contributed by atoms with E-state index in [1.165, 1.54) is 0 Å². The number of nitrogens with zero attached hydrogens (tertiary/aromatic N) is 3. The highest BCUT2D eigenvalue weighted by Crippen LogP contribution is 2.28. The largest absolute Gasteiger partial charge is 1.00 e. The molecule has 1 aromatic carbocycles. The van der Waals surface area contributed by atoms with Crippen molar-refractivity contribution in [2.24, 2.45) is 5.92 Å². The first-order valence-electron chi connectivity index (χ1n) is 12.5. The minimum atomic E-state index is -0.219. The van der Waals surface area contributed by atoms with Crippen molar-refractivity contribution in [1.29, 1.82) is 0 Å². The van der Waals surface area contributed by atoms with Crippen LogP contribution in [0.3, 0.4) is 0 Å². The number of rotatable bonds is 12. The fourth-order valence-electron chi connectivity index (χ4n) is 4.55. The van der Waals surface area contributed by atoms with Gasteiger partial charge in [-0.3, -0.25) is 9.59 Å². The Kier molecular flexibility index (Phi) is 11.8. The van der Waals surface area contributed by atoms with Crippen LogP contribution in [0.5, 0.6) is 5.88 Å². The van der Waals surface area contributed by atoms with Gasteiger partial charge >= 0.3 is 5.84 Å². The summed E-state index contributed by atoms with van der Waals surface area (Å²) < 4.78 is 5.57. The normalized spacial score (nSPS) is 15.9. The van der Waals surface area contributed by atoms with Crippen LogP contribution in [0.4, 0.5) is 0 Å². The number of hydrogen-bond acceptors (Lipinski definition) is 7. The van der Waals surface area contributed by atoms with Crippen LogP contribution in [-0.4, -0.2) is 60.7 Å². The summed E-state index contributed by atoms with van der Waals surface area (Å²) in [5.41, 5.74) is 2.49. The topological polar surface area (TPSA) is 97.7 Å². The first kappa shape index (κ1) is 30.5. The Balaban J connectivity index is 0.00000241. The molecule has 0 spiro atoms. The molecule has 1 atom stereocenters. The number of amides is 1. The summed E-state index contributed by atoms with van der Waals surface area (Å²) in [5.74, 6) is 1.64. The van der Waals surface area contributed by atoms with E-state index in [-0.39, 0.29) is 42.7 Å². The molecule has 8 nitrogen and oxygen atoms in total. The number of nitrogens with one attached hydrogen (secondary N) is 2. The third-order valence-corrected chi connectivity index (χ3v) is 6.69. The Labute approximate surface area is 231 Å². The van der Waals surface area contributed by atoms with Crippen LogP contribution >= 0.6 is 12.4 Å². The van der Waals surface area contributed by atoms with Gasteiger partial charge in [0.2, 0.25) is 11.8 Å². The summed E-state index contributed by atoms with van der Waals surface area (Å²) in [5, 5.41) is 7.65. The zero-order chi connectivity index (χ0) is 24.8. The molecule has 201 valence electrons. The fraction of sp³-hybridized carbons (Fsp3) is 0.481. The predicted molar refractivity (Wildman–Crippen MR) is 145 cm³/mol. The average molecular weight is 550 g/mol. The van der Waals surface area contributed by atoms with Crippen LogP contribution < -0.4 is 32.8 Å². The van der Waals surface area contributed by atoms with E-state index in [4.69, 9.17) is 4.74 Å². The maximum absolute atomic E-state index is 12.8. The molecular formula is C27H36Cl2N5O3. The van der Waals surface area contributed by atoms with E-state index in [0.717, 1.165) is 66.8 Å². The van der Waals surface area contributed by atoms with Crippen molar-refractivity contribution in [1.82, 2.24) is 25.5 Å². The van der Waals surface area contributed by atoms with E-state index >= 15 is 0 Å². The molecule has 10 heteroatoms. The van der Waals surface area contributed by atoms with Crippen molar-refractivity contribution in [3.05, 3.63) is 42.1 Å². The third-order valence-electron chi connectivity index (χ3n) is 6.69. The molecule has 1 saturated heterocycles. The van der Waals surface area contributed by atoms with Gasteiger partial charge in [0, 0.05) is 31.3 Å². The van der Waals surface area contributed by atoms with Crippen LogP contribution in [0.2, 0.25) is 0 Å². The maximum Gasteiger partial charge on any atom is 0.319 e. The van der Waals surface area contributed by atoms with Gasteiger partial charge in [-0.1, -0.05) is 38.0 Å². The average Bonchev–Trinajstić information content (AvgIpc) is 3.34. The lowest BCUT2D eigenvalue weighted by Crippen LogP contribution is -3.00. The molecule has 0 bridgehead atoms. The Morgan fingerprint density at radius 1 is 1.24 bits per heavy atom. The highest BCUT2D eigenvalue weighted by atomic mass is 35.5. The number of benzene rings is 1. The van der Waals surface area contributed by atoms with Gasteiger partial charge in [0.15, 0.2) is 11.9 Å². The van der Waals surface area contributed by atoms with Crippen molar-refractivity contribution < 1.29 is 26.7 Å². The molecule has 0 saturated carbocycles. The van der Waals surface area contributed by atoms with Gasteiger partial charge in [0.05, 0.1) is 24.1 Å². The molecule has 1 amide bonds. The number of halogens is 2. The highest BCUT2D eigenvalue weighted by Gasteiger charge is 2.36. The Hall–Kier alpha value is -2.68. The number of ether oxygens (including phenoxy) is 1. The number of likely N-dealkylation sites (tertiary alicyclic amines) is 1. The van der Waals surface area contributed by atoms with E-state index in [0.29, 0.717) is 24.5 Å². The minimum absolute atomic E-state index is 0. The van der Waals surface area contributed by atoms with Crippen molar-refractivity contribution in [2.45, 2.75) is 51.5 Å². The molecular weight excluding hydrogens is 513 g/mol. The van der Waals surface area contributed by atoms with Gasteiger partial charge in [0.1, 0.15) is 11.8 Å². The summed E-state index contributed by atoms with van der Waals surface area (Å²) in [6.07, 6.45) is 6.49. The zero-order valence-corrected chi connectivity index (χ0v) is 23.2. The number of hydrogen-bond donors (Lipinski definition) is 2. The SMILES string of the molecule is CCC(=O)CCCCC[C@H](NC(=O)C1CN(C)C1)C1=[N+]C=C(c2cc3ccccc3nc2OC)N1.Cl.[Cl-]. The van der Waals surface area contributed by atoms with Gasteiger partial charge in [0.25, 0.3) is 0 Å². The van der Waals surface area contributed by atoms with E-state index in [1.807, 2.05) is 44.3 Å². The van der Waals surface area contributed by atoms with Gasteiger partial charge < -0.3 is 27.4 Å². The van der Waals surface area contributed by atoms with Crippen molar-refractivity contribution in [3.63, 3.8) is 0 Å². The standard InChI is InChI=1S/C27H35N5O3.2ClH/c1-4-20(33)11-6-5-7-13-23(30-26(34)19-16-32(2)17-19)25-28-15-24(29-25)21-14-18-10-8-9-12-22(18)31-27(21)35-3;;/h8-10,12,14-15,19,23,29H,4-7,11,13,16-17H2,1-3H3,(H,30,34);2*1H/q+1;;/p-1/t23-;;/m0../s1. The van der Waals surface area contributed by atoms with Gasteiger partial charge in [-0.25, -0.2) is 10.3 Å². The molecule has 2 N–H and O–H groups in total. The molecule has 1 aromatic heterocycles. The number of methoxy groups -OCH3 is 1. The zero-order valence-electron chi connectivity index (χ0n) is 21.6. The number of carbonyl (C=O) groups is 2. The molecule has 0 unspecified atom stereocenters. The monoisotopic (exact) mass is 548 g/mol. The van der Waals surface area contributed by atoms with Gasteiger partial charge in [-0.2, -0.15) is 0 Å². The van der Waals surface area contributed by atoms with Gasteiger partial charge in [-0.15, -0.1) is 12.4 Å². The molecule has 1 fully saturated rings. The Morgan fingerprint density at radius 2 is 2.00 bits per heavy atom. The second-order valence-electron chi connectivity index (χ2n) is 9.39. The number of aliphatic imine (C=N–C) groups is 1. The van der Waals surface area contributed by atoms with E-state index < -0.39 is 0 Å². The molecule has 1 radical (unpaired) electrons. The summed E-state index contributed by atoms with van der Waals surface area (Å²) in [6.45, 7) is 3.46. The lowest BCUT2D eigenvalue weighted by molar-refractivity contribution is -0.130. The van der Waals surface area contributed by atoms with Crippen LogP contribution in [0, 0.1) is 5.92 Å². The molecule has 0 aliphatic carbocycles. The molecule has 2 aliphatic heterocycles. The van der Waals surface area contributed by atoms with E-state index in [9.17, 15) is 9.59 Å². The van der Waals surface area contributed by atoms with Gasteiger partial charge in [-0.05, 0) is 37.0 Å². The second kappa shape index (κ2) is 14.3. The molecule has 37 heavy (non-hydrogen) atoms. The number of carbonyl (C=O) groups excluding carboxylic acids is 2. The van der Waals surface area contributed by atoms with Crippen molar-refractivity contribution in [2.75, 3.05) is 27.2 Å². The van der Waals surface area contributed by atoms with Crippen LogP contribution in [-0.2, 0) is 9.59 Å². The summed E-state index contributed by atoms with van der Waals surface area (Å²) >= 11 is 0. The number of fused-ring (bicyclic) bond motifs is 1. The predicted octanol–water partition coefficient (Wildman–Crippen LogP) is 0.281. The number of para-hydroxylation sites is 1. The Morgan fingerprint density at radius 3 is 2.70 bits per heavy atom. The maximum atomic E-state index is 12.8. The number of aromatic nitrogens is 1. The molecule has 4 rings (SSSR count). The van der Waals surface area contributed by atoms with E-state index in [2.05, 4.69) is 25.5 Å². The van der Waals surface area contributed by atoms with Crippen molar-refractivity contribution in [3.8, 4) is 5.88 Å². The summed E-state index contributed by atoms with van der Waals surface area (Å²) in [4.78, 5) is 35.9.